The Balaban J connectivity index is 2.19. The van der Waals surface area contributed by atoms with Gasteiger partial charge in [-0.25, -0.2) is 4.39 Å². The number of amides is 1. The van der Waals surface area contributed by atoms with Gasteiger partial charge in [-0.15, -0.1) is 0 Å². The van der Waals surface area contributed by atoms with Crippen molar-refractivity contribution in [2.75, 3.05) is 0 Å². The molecule has 1 saturated carbocycles. The Kier molecular flexibility index (Phi) is 4.27. The number of carbonyl (C=O) groups excluding carboxylic acids is 1. The highest BCUT2D eigenvalue weighted by Crippen LogP contribution is 2.63. The summed E-state index contributed by atoms with van der Waals surface area (Å²) in [6.07, 6.45) is -12.6. The SMILES string of the molecule is NC(=O)C1CC(C(F)(C(F)(F)F)C(F)(F)F)C2c3ccccc3CCC12. The summed E-state index contributed by atoms with van der Waals surface area (Å²) in [4.78, 5) is 11.7. The lowest BCUT2D eigenvalue weighted by atomic mass is 9.68. The molecule has 0 saturated heterocycles. The Morgan fingerprint density at radius 2 is 1.58 bits per heavy atom. The number of halogens is 7. The fraction of sp³-hybridized carbons (Fsp3) is 0.588. The van der Waals surface area contributed by atoms with Crippen LogP contribution >= 0.6 is 0 Å². The molecule has 0 heterocycles. The predicted molar refractivity (Wildman–Crippen MR) is 77.7 cm³/mol. The number of rotatable bonds is 2. The van der Waals surface area contributed by atoms with Gasteiger partial charge < -0.3 is 5.73 Å². The van der Waals surface area contributed by atoms with Crippen LogP contribution in [0.4, 0.5) is 30.7 Å². The van der Waals surface area contributed by atoms with Crippen LogP contribution in [-0.2, 0) is 11.2 Å². The lowest BCUT2D eigenvalue weighted by Gasteiger charge is -2.40. The van der Waals surface area contributed by atoms with Crippen molar-refractivity contribution in [3.8, 4) is 0 Å². The molecule has 0 aliphatic heterocycles. The Bertz CT molecular complexity index is 698. The molecule has 1 aromatic rings. The normalized spacial score (nSPS) is 29.2. The zero-order chi connectivity index (χ0) is 19.5. The minimum absolute atomic E-state index is 0.192. The van der Waals surface area contributed by atoms with Crippen molar-refractivity contribution in [1.82, 2.24) is 0 Å². The van der Waals surface area contributed by atoms with Gasteiger partial charge in [0.25, 0.3) is 0 Å². The zero-order valence-electron chi connectivity index (χ0n) is 13.4. The van der Waals surface area contributed by atoms with E-state index in [1.54, 1.807) is 12.1 Å². The van der Waals surface area contributed by atoms with Crippen molar-refractivity contribution in [3.05, 3.63) is 35.4 Å². The highest BCUT2D eigenvalue weighted by molar-refractivity contribution is 5.78. The minimum Gasteiger partial charge on any atom is -0.369 e. The highest BCUT2D eigenvalue weighted by atomic mass is 19.4. The number of alkyl halides is 7. The first-order valence-electron chi connectivity index (χ1n) is 8.09. The first-order valence-corrected chi connectivity index (χ1v) is 8.09. The molecule has 1 amide bonds. The van der Waals surface area contributed by atoms with Gasteiger partial charge in [-0.05, 0) is 42.2 Å². The topological polar surface area (TPSA) is 43.1 Å². The van der Waals surface area contributed by atoms with Gasteiger partial charge in [0.2, 0.25) is 5.91 Å². The fourth-order valence-electron chi connectivity index (χ4n) is 4.70. The van der Waals surface area contributed by atoms with Gasteiger partial charge in [-0.3, -0.25) is 4.79 Å². The maximum atomic E-state index is 14.8. The molecule has 9 heteroatoms. The van der Waals surface area contributed by atoms with Crippen LogP contribution in [-0.4, -0.2) is 23.9 Å². The van der Waals surface area contributed by atoms with Crippen LogP contribution in [0.25, 0.3) is 0 Å². The van der Waals surface area contributed by atoms with E-state index >= 15 is 0 Å². The van der Waals surface area contributed by atoms with Crippen molar-refractivity contribution < 1.29 is 35.5 Å². The van der Waals surface area contributed by atoms with Crippen molar-refractivity contribution in [1.29, 1.82) is 0 Å². The van der Waals surface area contributed by atoms with Gasteiger partial charge in [-0.2, -0.15) is 26.3 Å². The average molecular weight is 383 g/mol. The molecule has 4 unspecified atom stereocenters. The molecular formula is C17H16F7NO. The Morgan fingerprint density at radius 1 is 1.00 bits per heavy atom. The summed E-state index contributed by atoms with van der Waals surface area (Å²) in [6, 6.07) is 6.11. The monoisotopic (exact) mass is 383 g/mol. The highest BCUT2D eigenvalue weighted by Gasteiger charge is 2.78. The molecule has 0 aromatic heterocycles. The van der Waals surface area contributed by atoms with E-state index in [1.807, 2.05) is 0 Å². The number of carbonyl (C=O) groups is 1. The molecule has 0 radical (unpaired) electrons. The van der Waals surface area contributed by atoms with E-state index in [0.717, 1.165) is 0 Å². The summed E-state index contributed by atoms with van der Waals surface area (Å²) in [5.41, 5.74) is 0.642. The first kappa shape index (κ1) is 19.0. The van der Waals surface area contributed by atoms with E-state index < -0.39 is 54.0 Å². The zero-order valence-corrected chi connectivity index (χ0v) is 13.4. The molecule has 2 nitrogen and oxygen atoms in total. The molecule has 2 N–H and O–H groups in total. The van der Waals surface area contributed by atoms with E-state index in [1.165, 1.54) is 12.1 Å². The smallest absolute Gasteiger partial charge is 0.369 e. The Labute approximate surface area is 144 Å². The molecule has 2 aliphatic carbocycles. The summed E-state index contributed by atoms with van der Waals surface area (Å²) in [5.74, 6) is -6.88. The van der Waals surface area contributed by atoms with E-state index in [-0.39, 0.29) is 12.0 Å². The van der Waals surface area contributed by atoms with Gasteiger partial charge in [0.1, 0.15) is 0 Å². The maximum Gasteiger partial charge on any atom is 0.431 e. The fourth-order valence-corrected chi connectivity index (χ4v) is 4.70. The second kappa shape index (κ2) is 5.85. The molecule has 144 valence electrons. The summed E-state index contributed by atoms with van der Waals surface area (Å²) in [6.45, 7) is 0. The van der Waals surface area contributed by atoms with Crippen LogP contribution in [0, 0.1) is 17.8 Å². The first-order chi connectivity index (χ1) is 11.9. The summed E-state index contributed by atoms with van der Waals surface area (Å²) in [7, 11) is 0. The molecule has 26 heavy (non-hydrogen) atoms. The van der Waals surface area contributed by atoms with Gasteiger partial charge in [0.05, 0.1) is 0 Å². The Hall–Kier alpha value is -1.80. The molecule has 1 fully saturated rings. The second-order valence-electron chi connectivity index (χ2n) is 6.99. The van der Waals surface area contributed by atoms with Gasteiger partial charge in [-0.1, -0.05) is 24.3 Å². The van der Waals surface area contributed by atoms with Crippen molar-refractivity contribution in [2.24, 2.45) is 23.5 Å². The third-order valence-corrected chi connectivity index (χ3v) is 5.78. The average Bonchev–Trinajstić information content (AvgIpc) is 2.92. The minimum atomic E-state index is -6.15. The number of aryl methyl sites for hydroxylation is 1. The van der Waals surface area contributed by atoms with Crippen LogP contribution in [0.3, 0.4) is 0 Å². The number of primary amides is 1. The quantitative estimate of drug-likeness (QED) is 0.761. The van der Waals surface area contributed by atoms with E-state index in [9.17, 15) is 35.5 Å². The largest absolute Gasteiger partial charge is 0.431 e. The summed E-state index contributed by atoms with van der Waals surface area (Å²) in [5, 5.41) is 0. The van der Waals surface area contributed by atoms with E-state index in [2.05, 4.69) is 0 Å². The summed E-state index contributed by atoms with van der Waals surface area (Å²) >= 11 is 0. The van der Waals surface area contributed by atoms with Crippen LogP contribution < -0.4 is 5.73 Å². The van der Waals surface area contributed by atoms with E-state index in [4.69, 9.17) is 5.73 Å². The number of fused-ring (bicyclic) bond motifs is 3. The van der Waals surface area contributed by atoms with Gasteiger partial charge in [0, 0.05) is 11.8 Å². The van der Waals surface area contributed by atoms with Crippen LogP contribution in [0.1, 0.15) is 29.9 Å². The number of benzene rings is 1. The van der Waals surface area contributed by atoms with Crippen LogP contribution in [0.15, 0.2) is 24.3 Å². The molecule has 2 aliphatic rings. The molecule has 0 spiro atoms. The number of hydrogen-bond donors (Lipinski definition) is 1. The standard InChI is InChI=1S/C17H16F7NO/c18-15(16(19,20)21,17(22,23)24)12-7-11(14(25)26)10-6-5-8-3-1-2-4-9(8)13(10)12/h1-4,10-13H,5-7H2,(H2,25,26). The van der Waals surface area contributed by atoms with Crippen LogP contribution in [0.2, 0.25) is 0 Å². The molecule has 4 atom stereocenters. The molecule has 0 bridgehead atoms. The van der Waals surface area contributed by atoms with Gasteiger partial charge in [0.15, 0.2) is 0 Å². The second-order valence-corrected chi connectivity index (χ2v) is 6.99. The maximum absolute atomic E-state index is 14.8. The third-order valence-electron chi connectivity index (χ3n) is 5.78. The van der Waals surface area contributed by atoms with Crippen molar-refractivity contribution in [2.45, 2.75) is 43.2 Å². The number of hydrogen-bond acceptors (Lipinski definition) is 1. The van der Waals surface area contributed by atoms with Crippen molar-refractivity contribution in [3.63, 3.8) is 0 Å². The lowest BCUT2D eigenvalue weighted by molar-refractivity contribution is -0.359. The molecular weight excluding hydrogens is 367 g/mol. The number of nitrogens with two attached hydrogens (primary N) is 1. The Morgan fingerprint density at radius 3 is 2.12 bits per heavy atom. The van der Waals surface area contributed by atoms with Gasteiger partial charge >= 0.3 is 18.0 Å². The summed E-state index contributed by atoms with van der Waals surface area (Å²) < 4.78 is 94.6. The van der Waals surface area contributed by atoms with Crippen molar-refractivity contribution >= 4 is 5.91 Å². The molecule has 1 aromatic carbocycles. The third kappa shape index (κ3) is 2.58. The lowest BCUT2D eigenvalue weighted by Crippen LogP contribution is -2.59. The molecule has 3 rings (SSSR count). The predicted octanol–water partition coefficient (Wildman–Crippen LogP) is 4.29. The van der Waals surface area contributed by atoms with E-state index in [0.29, 0.717) is 12.0 Å². The van der Waals surface area contributed by atoms with Crippen LogP contribution in [0.5, 0.6) is 0 Å².